The summed E-state index contributed by atoms with van der Waals surface area (Å²) in [7, 11) is 1.85. The van der Waals surface area contributed by atoms with E-state index in [1.807, 2.05) is 20.2 Å². The molecule has 5 nitrogen and oxygen atoms in total. The maximum Gasteiger partial charge on any atom is 0.256 e. The van der Waals surface area contributed by atoms with Gasteiger partial charge in [-0.15, -0.1) is 0 Å². The second-order valence-corrected chi connectivity index (χ2v) is 5.97. The van der Waals surface area contributed by atoms with Crippen LogP contribution in [0.15, 0.2) is 30.5 Å². The van der Waals surface area contributed by atoms with Crippen LogP contribution in [0.2, 0.25) is 5.02 Å². The van der Waals surface area contributed by atoms with Gasteiger partial charge in [-0.1, -0.05) is 37.6 Å². The minimum atomic E-state index is -1.60. The summed E-state index contributed by atoms with van der Waals surface area (Å²) in [6.07, 6.45) is 2.93. The lowest BCUT2D eigenvalue weighted by Gasteiger charge is -2.26. The summed E-state index contributed by atoms with van der Waals surface area (Å²) in [6, 6.07) is 6.76. The lowest BCUT2D eigenvalue weighted by atomic mass is 9.90. The van der Waals surface area contributed by atoms with E-state index in [4.69, 9.17) is 11.6 Å². The van der Waals surface area contributed by atoms with E-state index in [0.29, 0.717) is 17.1 Å². The maximum atomic E-state index is 12.6. The largest absolute Gasteiger partial charge is 0.375 e. The predicted octanol–water partition coefficient (Wildman–Crippen LogP) is 2.55. The van der Waals surface area contributed by atoms with Gasteiger partial charge in [0.25, 0.3) is 5.91 Å². The summed E-state index contributed by atoms with van der Waals surface area (Å²) in [6.45, 7) is 4.11. The van der Waals surface area contributed by atoms with Crippen LogP contribution in [0.1, 0.15) is 37.1 Å². The van der Waals surface area contributed by atoms with Crippen LogP contribution in [-0.2, 0) is 30.4 Å². The van der Waals surface area contributed by atoms with Crippen molar-refractivity contribution in [2.75, 3.05) is 0 Å². The van der Waals surface area contributed by atoms with E-state index >= 15 is 0 Å². The number of aryl methyl sites for hydroxylation is 2. The Bertz CT molecular complexity index is 699. The van der Waals surface area contributed by atoms with Crippen LogP contribution in [0.25, 0.3) is 0 Å². The van der Waals surface area contributed by atoms with E-state index in [2.05, 4.69) is 10.4 Å². The van der Waals surface area contributed by atoms with Crippen LogP contribution >= 0.6 is 11.6 Å². The predicted molar refractivity (Wildman–Crippen MR) is 90.1 cm³/mol. The molecule has 2 N–H and O–H groups in total. The molecule has 1 aromatic carbocycles. The highest BCUT2D eigenvalue weighted by Gasteiger charge is 2.36. The van der Waals surface area contributed by atoms with Crippen molar-refractivity contribution in [2.24, 2.45) is 7.05 Å². The molecule has 0 saturated carbocycles. The van der Waals surface area contributed by atoms with E-state index in [9.17, 15) is 9.90 Å². The van der Waals surface area contributed by atoms with Crippen molar-refractivity contribution >= 4 is 17.5 Å². The Kier molecular flexibility index (Phi) is 5.44. The molecule has 1 aromatic heterocycles. The third-order valence-electron chi connectivity index (χ3n) is 3.96. The first-order chi connectivity index (χ1) is 10.9. The van der Waals surface area contributed by atoms with E-state index < -0.39 is 11.5 Å². The Morgan fingerprint density at radius 1 is 1.43 bits per heavy atom. The summed E-state index contributed by atoms with van der Waals surface area (Å²) in [5, 5.41) is 18.4. The molecule has 1 unspecified atom stereocenters. The van der Waals surface area contributed by atoms with Gasteiger partial charge in [-0.25, -0.2) is 0 Å². The van der Waals surface area contributed by atoms with E-state index in [-0.39, 0.29) is 6.42 Å². The zero-order valence-corrected chi connectivity index (χ0v) is 14.4. The average molecular weight is 336 g/mol. The number of nitrogens with one attached hydrogen (secondary N) is 1. The first-order valence-electron chi connectivity index (χ1n) is 7.68. The monoisotopic (exact) mass is 335 g/mol. The fraction of sp³-hybridized carbons (Fsp3) is 0.412. The van der Waals surface area contributed by atoms with Crippen molar-refractivity contribution in [3.63, 3.8) is 0 Å². The zero-order valence-electron chi connectivity index (χ0n) is 13.6. The molecule has 0 spiro atoms. The number of halogens is 1. The van der Waals surface area contributed by atoms with Crippen LogP contribution in [0, 0.1) is 0 Å². The molecule has 23 heavy (non-hydrogen) atoms. The third kappa shape index (κ3) is 3.74. The molecular formula is C17H22ClN3O2. The van der Waals surface area contributed by atoms with Crippen molar-refractivity contribution < 1.29 is 9.90 Å². The number of benzene rings is 1. The van der Waals surface area contributed by atoms with Gasteiger partial charge in [0.1, 0.15) is 0 Å². The highest BCUT2D eigenvalue weighted by atomic mass is 35.5. The number of hydrogen-bond acceptors (Lipinski definition) is 3. The highest BCUT2D eigenvalue weighted by Crippen LogP contribution is 2.27. The minimum Gasteiger partial charge on any atom is -0.375 e. The molecule has 0 bridgehead atoms. The minimum absolute atomic E-state index is 0.257. The standard InChI is InChI=1S/C17H22ClN3O2/c1-4-15-12(11-21(3)20-15)10-19-16(22)17(23,5-2)13-7-6-8-14(18)9-13/h6-9,11,23H,4-5,10H2,1-3H3,(H,19,22). The molecule has 2 aromatic rings. The topological polar surface area (TPSA) is 67.2 Å². The molecule has 1 amide bonds. The summed E-state index contributed by atoms with van der Waals surface area (Å²) in [4.78, 5) is 12.6. The molecule has 1 atom stereocenters. The van der Waals surface area contributed by atoms with Crippen LogP contribution in [0.5, 0.6) is 0 Å². The fourth-order valence-electron chi connectivity index (χ4n) is 2.59. The molecule has 1 heterocycles. The van der Waals surface area contributed by atoms with Gasteiger partial charge in [-0.3, -0.25) is 9.48 Å². The second-order valence-electron chi connectivity index (χ2n) is 5.54. The number of carbonyl (C=O) groups excluding carboxylic acids is 1. The lowest BCUT2D eigenvalue weighted by molar-refractivity contribution is -0.141. The van der Waals surface area contributed by atoms with Crippen LogP contribution in [-0.4, -0.2) is 20.8 Å². The molecule has 0 aliphatic rings. The van der Waals surface area contributed by atoms with Gasteiger partial charge >= 0.3 is 0 Å². The third-order valence-corrected chi connectivity index (χ3v) is 4.19. The van der Waals surface area contributed by atoms with Crippen molar-refractivity contribution in [2.45, 2.75) is 38.8 Å². The Hall–Kier alpha value is -1.85. The molecule has 0 radical (unpaired) electrons. The summed E-state index contributed by atoms with van der Waals surface area (Å²) >= 11 is 5.97. The van der Waals surface area contributed by atoms with Gasteiger partial charge < -0.3 is 10.4 Å². The van der Waals surface area contributed by atoms with E-state index in [0.717, 1.165) is 17.7 Å². The smallest absolute Gasteiger partial charge is 0.256 e. The van der Waals surface area contributed by atoms with Gasteiger partial charge in [0.05, 0.1) is 5.69 Å². The lowest BCUT2D eigenvalue weighted by Crippen LogP contribution is -2.43. The number of amides is 1. The van der Waals surface area contributed by atoms with Crippen molar-refractivity contribution in [3.05, 3.63) is 52.3 Å². The summed E-state index contributed by atoms with van der Waals surface area (Å²) in [5.41, 5.74) is 0.787. The van der Waals surface area contributed by atoms with Crippen molar-refractivity contribution in [1.29, 1.82) is 0 Å². The number of rotatable bonds is 6. The van der Waals surface area contributed by atoms with Crippen LogP contribution in [0.4, 0.5) is 0 Å². The number of aliphatic hydroxyl groups is 1. The first kappa shape index (κ1) is 17.5. The molecule has 0 saturated heterocycles. The van der Waals surface area contributed by atoms with Gasteiger partial charge in [-0.05, 0) is 30.5 Å². The number of hydrogen-bond donors (Lipinski definition) is 2. The molecule has 2 rings (SSSR count). The van der Waals surface area contributed by atoms with Crippen molar-refractivity contribution in [1.82, 2.24) is 15.1 Å². The SMILES string of the molecule is CCc1nn(C)cc1CNC(=O)C(O)(CC)c1cccc(Cl)c1. The molecule has 0 aliphatic heterocycles. The average Bonchev–Trinajstić information content (AvgIpc) is 2.91. The Morgan fingerprint density at radius 3 is 2.78 bits per heavy atom. The van der Waals surface area contributed by atoms with E-state index in [1.165, 1.54) is 0 Å². The van der Waals surface area contributed by atoms with Gasteiger partial charge in [0, 0.05) is 30.4 Å². The maximum absolute atomic E-state index is 12.6. The van der Waals surface area contributed by atoms with Gasteiger partial charge in [-0.2, -0.15) is 5.10 Å². The summed E-state index contributed by atoms with van der Waals surface area (Å²) in [5.74, 6) is -0.437. The van der Waals surface area contributed by atoms with Gasteiger partial charge in [0.15, 0.2) is 5.60 Å². The summed E-state index contributed by atoms with van der Waals surface area (Å²) < 4.78 is 1.73. The Morgan fingerprint density at radius 2 is 2.17 bits per heavy atom. The molecular weight excluding hydrogens is 314 g/mol. The number of carbonyl (C=O) groups is 1. The normalized spacial score (nSPS) is 13.6. The van der Waals surface area contributed by atoms with Crippen LogP contribution in [0.3, 0.4) is 0 Å². The molecule has 6 heteroatoms. The van der Waals surface area contributed by atoms with Gasteiger partial charge in [0.2, 0.25) is 0 Å². The first-order valence-corrected chi connectivity index (χ1v) is 8.06. The number of nitrogens with zero attached hydrogens (tertiary/aromatic N) is 2. The Labute approximate surface area is 141 Å². The molecule has 124 valence electrons. The second kappa shape index (κ2) is 7.15. The number of aromatic nitrogens is 2. The van der Waals surface area contributed by atoms with Crippen molar-refractivity contribution in [3.8, 4) is 0 Å². The molecule has 0 fully saturated rings. The Balaban J connectivity index is 2.17. The van der Waals surface area contributed by atoms with E-state index in [1.54, 1.807) is 35.9 Å². The zero-order chi connectivity index (χ0) is 17.0. The van der Waals surface area contributed by atoms with Crippen LogP contribution < -0.4 is 5.32 Å². The quantitative estimate of drug-likeness (QED) is 0.852. The molecule has 0 aliphatic carbocycles. The highest BCUT2D eigenvalue weighted by molar-refractivity contribution is 6.30. The fourth-order valence-corrected chi connectivity index (χ4v) is 2.78.